The zero-order valence-electron chi connectivity index (χ0n) is 18.8. The molecule has 3 saturated heterocycles. The topological polar surface area (TPSA) is 58.6 Å². The van der Waals surface area contributed by atoms with E-state index in [1.165, 1.54) is 12.8 Å². The number of anilines is 1. The number of halogens is 1. The van der Waals surface area contributed by atoms with Gasteiger partial charge in [0.2, 0.25) is 5.91 Å². The Kier molecular flexibility index (Phi) is 7.84. The number of para-hydroxylation sites is 1. The van der Waals surface area contributed by atoms with E-state index in [0.717, 1.165) is 88.1 Å². The van der Waals surface area contributed by atoms with E-state index in [9.17, 15) is 4.79 Å². The van der Waals surface area contributed by atoms with Crippen molar-refractivity contribution in [3.8, 4) is 0 Å². The minimum absolute atomic E-state index is 0. The lowest BCUT2D eigenvalue weighted by Gasteiger charge is -2.42. The Hall–Kier alpha value is -1.92. The average Bonchev–Trinajstić information content (AvgIpc) is 3.10. The minimum Gasteiger partial charge on any atom is -0.381 e. The predicted molar refractivity (Wildman–Crippen MR) is 129 cm³/mol. The molecule has 1 unspecified atom stereocenters. The standard InChI is InChI=1S/C25H34N4O2.ClH/c30-25(20-11-16-31-17-12-20)29-13-5-1-2-8-23(29)19-9-14-28(15-10-19)24-21-6-3-4-7-22(21)26-18-27-24;/h3-4,6-7,18-20,23H,1-2,5,8-17H2;1H. The van der Waals surface area contributed by atoms with Crippen LogP contribution < -0.4 is 4.90 Å². The molecule has 0 radical (unpaired) electrons. The summed E-state index contributed by atoms with van der Waals surface area (Å²) in [5, 5.41) is 1.13. The highest BCUT2D eigenvalue weighted by molar-refractivity contribution is 5.89. The second kappa shape index (κ2) is 10.8. The number of aromatic nitrogens is 2. The lowest BCUT2D eigenvalue weighted by atomic mass is 9.85. The molecule has 1 atom stereocenters. The lowest BCUT2D eigenvalue weighted by Crippen LogP contribution is -2.50. The van der Waals surface area contributed by atoms with Crippen molar-refractivity contribution in [2.24, 2.45) is 11.8 Å². The molecule has 4 heterocycles. The fraction of sp³-hybridized carbons (Fsp3) is 0.640. The number of ether oxygens (including phenoxy) is 1. The first-order chi connectivity index (χ1) is 15.3. The van der Waals surface area contributed by atoms with Crippen LogP contribution in [-0.4, -0.2) is 59.7 Å². The van der Waals surface area contributed by atoms with Gasteiger partial charge in [-0.05, 0) is 56.6 Å². The highest BCUT2D eigenvalue weighted by atomic mass is 35.5. The number of carbonyl (C=O) groups is 1. The van der Waals surface area contributed by atoms with Gasteiger partial charge < -0.3 is 14.5 Å². The summed E-state index contributed by atoms with van der Waals surface area (Å²) in [7, 11) is 0. The number of hydrogen-bond donors (Lipinski definition) is 0. The summed E-state index contributed by atoms with van der Waals surface area (Å²) in [6, 6.07) is 8.67. The second-order valence-corrected chi connectivity index (χ2v) is 9.37. The molecule has 3 fully saturated rings. The van der Waals surface area contributed by atoms with Gasteiger partial charge in [0.25, 0.3) is 0 Å². The Morgan fingerprint density at radius 3 is 2.50 bits per heavy atom. The molecule has 3 aliphatic rings. The second-order valence-electron chi connectivity index (χ2n) is 9.37. The van der Waals surface area contributed by atoms with E-state index >= 15 is 0 Å². The molecule has 1 aromatic carbocycles. The summed E-state index contributed by atoms with van der Waals surface area (Å²) in [4.78, 5) is 27.2. The average molecular weight is 459 g/mol. The van der Waals surface area contributed by atoms with Gasteiger partial charge in [-0.1, -0.05) is 25.0 Å². The Morgan fingerprint density at radius 1 is 0.906 bits per heavy atom. The third kappa shape index (κ3) is 4.86. The number of amides is 1. The summed E-state index contributed by atoms with van der Waals surface area (Å²) in [6.07, 6.45) is 10.5. The zero-order chi connectivity index (χ0) is 21.0. The van der Waals surface area contributed by atoms with E-state index in [2.05, 4.69) is 38.0 Å². The lowest BCUT2D eigenvalue weighted by molar-refractivity contribution is -0.142. The first-order valence-electron chi connectivity index (χ1n) is 12.1. The van der Waals surface area contributed by atoms with E-state index in [1.54, 1.807) is 6.33 Å². The third-order valence-electron chi connectivity index (χ3n) is 7.56. The van der Waals surface area contributed by atoms with Crippen LogP contribution >= 0.6 is 12.4 Å². The molecule has 6 nitrogen and oxygen atoms in total. The van der Waals surface area contributed by atoms with E-state index < -0.39 is 0 Å². The van der Waals surface area contributed by atoms with Crippen LogP contribution in [0.3, 0.4) is 0 Å². The molecule has 2 aromatic rings. The zero-order valence-corrected chi connectivity index (χ0v) is 19.6. The van der Waals surface area contributed by atoms with Crippen molar-refractivity contribution in [3.63, 3.8) is 0 Å². The quantitative estimate of drug-likeness (QED) is 0.679. The summed E-state index contributed by atoms with van der Waals surface area (Å²) in [5.74, 6) is 2.22. The molecule has 32 heavy (non-hydrogen) atoms. The fourth-order valence-corrected chi connectivity index (χ4v) is 5.82. The van der Waals surface area contributed by atoms with Gasteiger partial charge in [-0.2, -0.15) is 0 Å². The normalized spacial score (nSPS) is 23.6. The van der Waals surface area contributed by atoms with Gasteiger partial charge in [-0.3, -0.25) is 4.79 Å². The van der Waals surface area contributed by atoms with Crippen LogP contribution in [0.5, 0.6) is 0 Å². The van der Waals surface area contributed by atoms with Crippen molar-refractivity contribution in [2.45, 2.75) is 57.4 Å². The molecular formula is C25H35ClN4O2. The molecule has 0 aliphatic carbocycles. The summed E-state index contributed by atoms with van der Waals surface area (Å²) in [6.45, 7) is 4.42. The van der Waals surface area contributed by atoms with E-state index in [4.69, 9.17) is 4.74 Å². The first kappa shape index (κ1) is 23.2. The Morgan fingerprint density at radius 2 is 1.69 bits per heavy atom. The number of fused-ring (bicyclic) bond motifs is 1. The van der Waals surface area contributed by atoms with Crippen molar-refractivity contribution >= 4 is 35.0 Å². The number of likely N-dealkylation sites (tertiary alicyclic amines) is 1. The number of hydrogen-bond acceptors (Lipinski definition) is 5. The molecule has 7 heteroatoms. The van der Waals surface area contributed by atoms with Gasteiger partial charge >= 0.3 is 0 Å². The van der Waals surface area contributed by atoms with Crippen molar-refractivity contribution in [1.82, 2.24) is 14.9 Å². The van der Waals surface area contributed by atoms with Crippen LogP contribution in [0.25, 0.3) is 10.9 Å². The van der Waals surface area contributed by atoms with Crippen LogP contribution in [0.15, 0.2) is 30.6 Å². The van der Waals surface area contributed by atoms with Gasteiger partial charge in [0, 0.05) is 50.2 Å². The molecule has 0 bridgehead atoms. The summed E-state index contributed by atoms with van der Waals surface area (Å²) in [5.41, 5.74) is 1.01. The maximum absolute atomic E-state index is 13.4. The maximum Gasteiger partial charge on any atom is 0.226 e. The van der Waals surface area contributed by atoms with Gasteiger partial charge in [0.05, 0.1) is 5.52 Å². The van der Waals surface area contributed by atoms with Gasteiger partial charge in [0.15, 0.2) is 0 Å². The summed E-state index contributed by atoms with van der Waals surface area (Å²) >= 11 is 0. The third-order valence-corrected chi connectivity index (χ3v) is 7.56. The molecule has 1 amide bonds. The molecule has 174 valence electrons. The van der Waals surface area contributed by atoms with Crippen LogP contribution in [0.1, 0.15) is 51.4 Å². The van der Waals surface area contributed by atoms with Gasteiger partial charge in [-0.15, -0.1) is 12.4 Å². The number of rotatable bonds is 3. The van der Waals surface area contributed by atoms with Crippen molar-refractivity contribution in [3.05, 3.63) is 30.6 Å². The van der Waals surface area contributed by atoms with Crippen LogP contribution in [0.2, 0.25) is 0 Å². The molecule has 3 aliphatic heterocycles. The molecule has 5 rings (SSSR count). The van der Waals surface area contributed by atoms with E-state index in [-0.39, 0.29) is 18.3 Å². The van der Waals surface area contributed by atoms with Crippen molar-refractivity contribution in [2.75, 3.05) is 37.7 Å². The Bertz CT molecular complexity index is 891. The van der Waals surface area contributed by atoms with Crippen molar-refractivity contribution < 1.29 is 9.53 Å². The predicted octanol–water partition coefficient (Wildman–Crippen LogP) is 4.47. The Balaban J connectivity index is 0.00000245. The number of piperidine rings is 1. The van der Waals surface area contributed by atoms with Crippen LogP contribution in [0, 0.1) is 11.8 Å². The van der Waals surface area contributed by atoms with Gasteiger partial charge in [-0.25, -0.2) is 9.97 Å². The molecule has 0 saturated carbocycles. The fourth-order valence-electron chi connectivity index (χ4n) is 5.82. The molecule has 1 aromatic heterocycles. The highest BCUT2D eigenvalue weighted by Gasteiger charge is 2.37. The molecular weight excluding hydrogens is 424 g/mol. The first-order valence-corrected chi connectivity index (χ1v) is 12.1. The smallest absolute Gasteiger partial charge is 0.226 e. The monoisotopic (exact) mass is 458 g/mol. The minimum atomic E-state index is 0. The van der Waals surface area contributed by atoms with Gasteiger partial charge in [0.1, 0.15) is 12.1 Å². The summed E-state index contributed by atoms with van der Waals surface area (Å²) < 4.78 is 5.50. The van der Waals surface area contributed by atoms with Crippen molar-refractivity contribution in [1.29, 1.82) is 0 Å². The van der Waals surface area contributed by atoms with E-state index in [0.29, 0.717) is 17.9 Å². The van der Waals surface area contributed by atoms with Crippen LogP contribution in [0.4, 0.5) is 5.82 Å². The SMILES string of the molecule is Cl.O=C(C1CCOCC1)N1CCCCCC1C1CCN(c2ncnc3ccccc23)CC1. The number of benzene rings is 1. The highest BCUT2D eigenvalue weighted by Crippen LogP contribution is 2.34. The van der Waals surface area contributed by atoms with E-state index in [1.807, 2.05) is 6.07 Å². The maximum atomic E-state index is 13.4. The number of carbonyl (C=O) groups excluding carboxylic acids is 1. The molecule has 0 spiro atoms. The van der Waals surface area contributed by atoms with Crippen LogP contribution in [-0.2, 0) is 9.53 Å². The largest absolute Gasteiger partial charge is 0.381 e. The Labute approximate surface area is 197 Å². The molecule has 0 N–H and O–H groups in total. The number of nitrogens with zero attached hydrogens (tertiary/aromatic N) is 4.